The normalized spacial score (nSPS) is 11.7. The van der Waals surface area contributed by atoms with Gasteiger partial charge in [-0.25, -0.2) is 0 Å². The lowest BCUT2D eigenvalue weighted by atomic mass is 10.0. The van der Waals surface area contributed by atoms with Crippen molar-refractivity contribution in [1.29, 1.82) is 0 Å². The fraction of sp³-hybridized carbons (Fsp3) is 0.318. The highest BCUT2D eigenvalue weighted by molar-refractivity contribution is 5.97. The van der Waals surface area contributed by atoms with Gasteiger partial charge in [0.2, 0.25) is 5.91 Å². The number of nitrogens with zero attached hydrogens (tertiary/aromatic N) is 4. The minimum atomic E-state index is -0.748. The summed E-state index contributed by atoms with van der Waals surface area (Å²) in [6.45, 7) is 5.28. The van der Waals surface area contributed by atoms with E-state index < -0.39 is 6.04 Å². The van der Waals surface area contributed by atoms with Crippen molar-refractivity contribution in [3.8, 4) is 17.2 Å². The second-order valence-electron chi connectivity index (χ2n) is 7.40. The highest BCUT2D eigenvalue weighted by Gasteiger charge is 2.25. The molecule has 0 saturated heterocycles. The summed E-state index contributed by atoms with van der Waals surface area (Å²) in [4.78, 5) is 25.3. The van der Waals surface area contributed by atoms with E-state index in [1.54, 1.807) is 44.4 Å². The summed E-state index contributed by atoms with van der Waals surface area (Å²) in [6.07, 6.45) is 0. The van der Waals surface area contributed by atoms with E-state index in [0.29, 0.717) is 28.7 Å². The van der Waals surface area contributed by atoms with Crippen LogP contribution in [0.4, 0.5) is 5.69 Å². The number of hydrogen-bond donors (Lipinski definition) is 2. The lowest BCUT2D eigenvalue weighted by Crippen LogP contribution is -2.48. The van der Waals surface area contributed by atoms with Gasteiger partial charge in [-0.1, -0.05) is 32.0 Å². The molecule has 0 fully saturated rings. The molecule has 2 N–H and O–H groups in total. The molecule has 10 nitrogen and oxygen atoms in total. The number of carbonyl (C=O) groups is 2. The summed E-state index contributed by atoms with van der Waals surface area (Å²) in [5.41, 5.74) is 1.09. The molecule has 0 aliphatic carbocycles. The lowest BCUT2D eigenvalue weighted by Gasteiger charge is -2.22. The summed E-state index contributed by atoms with van der Waals surface area (Å²) in [5.74, 6) is 0.815. The fourth-order valence-electron chi connectivity index (χ4n) is 3.02. The van der Waals surface area contributed by atoms with Crippen LogP contribution in [0.25, 0.3) is 5.69 Å². The topological polar surface area (TPSA) is 120 Å². The van der Waals surface area contributed by atoms with E-state index in [0.717, 1.165) is 0 Å². The Morgan fingerprint density at radius 1 is 1.12 bits per heavy atom. The van der Waals surface area contributed by atoms with Gasteiger partial charge in [0, 0.05) is 5.69 Å². The van der Waals surface area contributed by atoms with E-state index in [2.05, 4.69) is 26.2 Å². The molecule has 3 aromatic rings. The first-order valence-corrected chi connectivity index (χ1v) is 10.1. The molecule has 1 heterocycles. The zero-order chi connectivity index (χ0) is 23.1. The Bertz CT molecular complexity index is 1070. The number of para-hydroxylation sites is 1. The third-order valence-corrected chi connectivity index (χ3v) is 4.68. The van der Waals surface area contributed by atoms with Crippen molar-refractivity contribution in [2.45, 2.75) is 26.8 Å². The van der Waals surface area contributed by atoms with E-state index in [4.69, 9.17) is 9.47 Å². The predicted molar refractivity (Wildman–Crippen MR) is 118 cm³/mol. The zero-order valence-corrected chi connectivity index (χ0v) is 18.4. The van der Waals surface area contributed by atoms with Crippen LogP contribution < -0.4 is 20.1 Å². The van der Waals surface area contributed by atoms with Gasteiger partial charge in [0.05, 0.1) is 7.11 Å². The number of anilines is 1. The van der Waals surface area contributed by atoms with Crippen LogP contribution >= 0.6 is 0 Å². The number of amides is 2. The Hall–Kier alpha value is -3.95. The van der Waals surface area contributed by atoms with Crippen LogP contribution in [0.2, 0.25) is 0 Å². The number of methoxy groups -OCH3 is 1. The zero-order valence-electron chi connectivity index (χ0n) is 18.4. The molecule has 0 bridgehead atoms. The molecule has 0 saturated carbocycles. The average Bonchev–Trinajstić information content (AvgIpc) is 3.22. The summed E-state index contributed by atoms with van der Waals surface area (Å²) < 4.78 is 12.4. The van der Waals surface area contributed by atoms with Gasteiger partial charge >= 0.3 is 0 Å². The number of nitrogens with one attached hydrogen (secondary N) is 2. The van der Waals surface area contributed by atoms with Crippen molar-refractivity contribution in [3.63, 3.8) is 0 Å². The quantitative estimate of drug-likeness (QED) is 0.525. The van der Waals surface area contributed by atoms with E-state index in [1.165, 1.54) is 4.68 Å². The number of tetrazole rings is 1. The molecule has 2 aromatic carbocycles. The third kappa shape index (κ3) is 5.60. The molecule has 0 spiro atoms. The maximum atomic E-state index is 12.9. The van der Waals surface area contributed by atoms with E-state index in [1.807, 2.05) is 32.0 Å². The molecular weight excluding hydrogens is 412 g/mol. The smallest absolute Gasteiger partial charge is 0.258 e. The number of benzene rings is 2. The molecule has 168 valence electrons. The molecule has 2 amide bonds. The van der Waals surface area contributed by atoms with E-state index in [-0.39, 0.29) is 24.3 Å². The molecule has 0 aliphatic rings. The molecule has 0 aliphatic heterocycles. The maximum absolute atomic E-state index is 12.9. The van der Waals surface area contributed by atoms with Gasteiger partial charge in [-0.3, -0.25) is 9.59 Å². The van der Waals surface area contributed by atoms with Crippen LogP contribution in [0.15, 0.2) is 48.5 Å². The lowest BCUT2D eigenvalue weighted by molar-refractivity contribution is -0.128. The Kier molecular flexibility index (Phi) is 7.37. The number of carbonyl (C=O) groups excluding carboxylic acids is 2. The molecule has 0 radical (unpaired) electrons. The Morgan fingerprint density at radius 2 is 1.88 bits per heavy atom. The van der Waals surface area contributed by atoms with Gasteiger partial charge in [0.25, 0.3) is 5.91 Å². The SMILES string of the molecule is COc1ccc(NC(=O)C(NC(=O)COc2ccccc2)C(C)C)cc1-n1nnnc1C. The van der Waals surface area contributed by atoms with Crippen LogP contribution in [0.5, 0.6) is 11.5 Å². The second kappa shape index (κ2) is 10.4. The van der Waals surface area contributed by atoms with Gasteiger partial charge in [0.15, 0.2) is 12.4 Å². The van der Waals surface area contributed by atoms with Gasteiger partial charge in [-0.15, -0.1) is 5.10 Å². The van der Waals surface area contributed by atoms with Crippen LogP contribution in [0.1, 0.15) is 19.7 Å². The molecule has 3 rings (SSSR count). The van der Waals surface area contributed by atoms with Crippen LogP contribution in [0.3, 0.4) is 0 Å². The molecule has 1 atom stereocenters. The van der Waals surface area contributed by atoms with E-state index >= 15 is 0 Å². The van der Waals surface area contributed by atoms with E-state index in [9.17, 15) is 9.59 Å². The molecule has 1 unspecified atom stereocenters. The third-order valence-electron chi connectivity index (χ3n) is 4.68. The fourth-order valence-corrected chi connectivity index (χ4v) is 3.02. The molecular formula is C22H26N6O4. The first-order chi connectivity index (χ1) is 15.4. The molecule has 32 heavy (non-hydrogen) atoms. The van der Waals surface area contributed by atoms with Gasteiger partial charge in [0.1, 0.15) is 23.2 Å². The number of aromatic nitrogens is 4. The standard InChI is InChI=1S/C22H26N6O4/c1-14(2)21(24-20(29)13-32-17-8-6-5-7-9-17)22(30)23-16-10-11-19(31-4)18(12-16)28-15(3)25-26-27-28/h5-12,14,21H,13H2,1-4H3,(H,23,30)(H,24,29). The minimum Gasteiger partial charge on any atom is -0.494 e. The van der Waals surface area contributed by atoms with Crippen molar-refractivity contribution < 1.29 is 19.1 Å². The highest BCUT2D eigenvalue weighted by Crippen LogP contribution is 2.26. The van der Waals surface area contributed by atoms with Crippen LogP contribution in [0, 0.1) is 12.8 Å². The minimum absolute atomic E-state index is 0.143. The van der Waals surface area contributed by atoms with Crippen molar-refractivity contribution in [2.75, 3.05) is 19.0 Å². The summed E-state index contributed by atoms with van der Waals surface area (Å²) in [7, 11) is 1.54. The van der Waals surface area contributed by atoms with Gasteiger partial charge < -0.3 is 20.1 Å². The highest BCUT2D eigenvalue weighted by atomic mass is 16.5. The maximum Gasteiger partial charge on any atom is 0.258 e. The van der Waals surface area contributed by atoms with Gasteiger partial charge in [-0.05, 0) is 53.6 Å². The second-order valence-corrected chi connectivity index (χ2v) is 7.40. The van der Waals surface area contributed by atoms with Crippen LogP contribution in [-0.4, -0.2) is 51.8 Å². The molecule has 1 aromatic heterocycles. The first kappa shape index (κ1) is 22.7. The number of rotatable bonds is 9. The Balaban J connectivity index is 1.69. The Labute approximate surface area is 185 Å². The predicted octanol–water partition coefficient (Wildman–Crippen LogP) is 2.14. The molecule has 10 heteroatoms. The number of ether oxygens (including phenoxy) is 2. The summed E-state index contributed by atoms with van der Waals surface area (Å²) >= 11 is 0. The first-order valence-electron chi connectivity index (χ1n) is 10.1. The number of hydrogen-bond acceptors (Lipinski definition) is 7. The van der Waals surface area contributed by atoms with Crippen molar-refractivity contribution in [1.82, 2.24) is 25.5 Å². The number of aryl methyl sites for hydroxylation is 1. The van der Waals surface area contributed by atoms with Crippen molar-refractivity contribution in [2.24, 2.45) is 5.92 Å². The summed E-state index contributed by atoms with van der Waals surface area (Å²) in [6, 6.07) is 13.4. The summed E-state index contributed by atoms with van der Waals surface area (Å²) in [5, 5.41) is 17.1. The van der Waals surface area contributed by atoms with Gasteiger partial charge in [-0.2, -0.15) is 4.68 Å². The van der Waals surface area contributed by atoms with Crippen molar-refractivity contribution >= 4 is 17.5 Å². The van der Waals surface area contributed by atoms with Crippen LogP contribution in [-0.2, 0) is 9.59 Å². The largest absolute Gasteiger partial charge is 0.494 e. The Morgan fingerprint density at radius 3 is 2.50 bits per heavy atom. The average molecular weight is 438 g/mol. The van der Waals surface area contributed by atoms with Crippen molar-refractivity contribution in [3.05, 3.63) is 54.4 Å². The monoisotopic (exact) mass is 438 g/mol.